The molecule has 1 fully saturated rings. The van der Waals surface area contributed by atoms with E-state index in [4.69, 9.17) is 20.1 Å². The first-order valence-electron chi connectivity index (χ1n) is 11.4. The van der Waals surface area contributed by atoms with Crippen molar-refractivity contribution in [2.24, 2.45) is 0 Å². The Morgan fingerprint density at radius 3 is 2.88 bits per heavy atom. The van der Waals surface area contributed by atoms with Crippen LogP contribution in [0.1, 0.15) is 54.5 Å². The standard InChI is InChI=1S/C22H27N9O/c1-14-19(21-24-8-11-32-21)27-22(23)31-20(14)26-18(28-31)7-10-29-9-6-17-16(12-29)25-13-30(17)15-4-2-3-5-15/h8,11,13,15H,2-7,9-10,12H2,1H3,(H2,23,27). The lowest BCUT2D eigenvalue weighted by Crippen LogP contribution is -2.33. The Hall–Kier alpha value is -3.27. The average Bonchev–Trinajstić information content (AvgIpc) is 3.60. The van der Waals surface area contributed by atoms with Crippen LogP contribution >= 0.6 is 0 Å². The number of aromatic nitrogens is 7. The molecule has 1 saturated carbocycles. The summed E-state index contributed by atoms with van der Waals surface area (Å²) in [4.78, 5) is 20.5. The van der Waals surface area contributed by atoms with Crippen molar-refractivity contribution in [3.05, 3.63) is 41.6 Å². The monoisotopic (exact) mass is 433 g/mol. The molecule has 0 unspecified atom stereocenters. The fourth-order valence-corrected chi connectivity index (χ4v) is 5.09. The van der Waals surface area contributed by atoms with Crippen molar-refractivity contribution in [2.45, 2.75) is 58.0 Å². The molecule has 2 aliphatic rings. The highest BCUT2D eigenvalue weighted by Gasteiger charge is 2.26. The van der Waals surface area contributed by atoms with Crippen LogP contribution in [-0.2, 0) is 19.4 Å². The first-order chi connectivity index (χ1) is 15.7. The normalized spacial score (nSPS) is 17.4. The van der Waals surface area contributed by atoms with Gasteiger partial charge < -0.3 is 14.7 Å². The summed E-state index contributed by atoms with van der Waals surface area (Å²) >= 11 is 0. The maximum absolute atomic E-state index is 6.15. The van der Waals surface area contributed by atoms with Gasteiger partial charge in [-0.15, -0.1) is 5.10 Å². The van der Waals surface area contributed by atoms with E-state index < -0.39 is 0 Å². The Kier molecular flexibility index (Phi) is 4.67. The quantitative estimate of drug-likeness (QED) is 0.510. The van der Waals surface area contributed by atoms with Gasteiger partial charge in [-0.3, -0.25) is 4.90 Å². The summed E-state index contributed by atoms with van der Waals surface area (Å²) in [5.74, 6) is 1.47. The summed E-state index contributed by atoms with van der Waals surface area (Å²) in [5.41, 5.74) is 11.0. The molecule has 5 heterocycles. The van der Waals surface area contributed by atoms with Gasteiger partial charge in [-0.25, -0.2) is 19.9 Å². The summed E-state index contributed by atoms with van der Waals surface area (Å²) in [6, 6.07) is 0.656. The lowest BCUT2D eigenvalue weighted by molar-refractivity contribution is 0.248. The molecule has 2 N–H and O–H groups in total. The van der Waals surface area contributed by atoms with Crippen LogP contribution < -0.4 is 5.73 Å². The van der Waals surface area contributed by atoms with E-state index in [9.17, 15) is 0 Å². The maximum Gasteiger partial charge on any atom is 0.245 e. The number of nitrogens with zero attached hydrogens (tertiary/aromatic N) is 8. The average molecular weight is 434 g/mol. The topological polar surface area (TPSA) is 116 Å². The molecule has 6 rings (SSSR count). The minimum absolute atomic E-state index is 0.276. The predicted octanol–water partition coefficient (Wildman–Crippen LogP) is 2.58. The van der Waals surface area contributed by atoms with Crippen molar-refractivity contribution in [1.82, 2.24) is 39.0 Å². The van der Waals surface area contributed by atoms with E-state index >= 15 is 0 Å². The van der Waals surface area contributed by atoms with Gasteiger partial charge in [0.25, 0.3) is 0 Å². The summed E-state index contributed by atoms with van der Waals surface area (Å²) in [7, 11) is 0. The van der Waals surface area contributed by atoms with Gasteiger partial charge in [0.15, 0.2) is 11.5 Å². The zero-order valence-electron chi connectivity index (χ0n) is 18.2. The second-order valence-electron chi connectivity index (χ2n) is 8.80. The second kappa shape index (κ2) is 7.70. The molecule has 0 bridgehead atoms. The molecule has 1 aliphatic carbocycles. The van der Waals surface area contributed by atoms with Gasteiger partial charge in [-0.2, -0.15) is 4.52 Å². The molecule has 166 valence electrons. The predicted molar refractivity (Wildman–Crippen MR) is 118 cm³/mol. The first-order valence-corrected chi connectivity index (χ1v) is 11.4. The summed E-state index contributed by atoms with van der Waals surface area (Å²) in [5, 5.41) is 4.60. The summed E-state index contributed by atoms with van der Waals surface area (Å²) in [6.45, 7) is 4.74. The van der Waals surface area contributed by atoms with Gasteiger partial charge >= 0.3 is 0 Å². The van der Waals surface area contributed by atoms with Crippen LogP contribution in [0.2, 0.25) is 0 Å². The molecule has 1 aliphatic heterocycles. The van der Waals surface area contributed by atoms with Gasteiger partial charge in [0, 0.05) is 49.8 Å². The molecular weight excluding hydrogens is 406 g/mol. The van der Waals surface area contributed by atoms with Gasteiger partial charge in [-0.05, 0) is 19.8 Å². The van der Waals surface area contributed by atoms with Crippen LogP contribution in [0.25, 0.3) is 17.2 Å². The number of nitrogens with two attached hydrogens (primary N) is 1. The fourth-order valence-electron chi connectivity index (χ4n) is 5.09. The zero-order chi connectivity index (χ0) is 21.7. The number of hydrogen-bond donors (Lipinski definition) is 1. The van der Waals surface area contributed by atoms with E-state index in [1.54, 1.807) is 10.7 Å². The first kappa shape index (κ1) is 19.4. The Labute approximate surface area is 185 Å². The van der Waals surface area contributed by atoms with Gasteiger partial charge in [0.1, 0.15) is 12.0 Å². The van der Waals surface area contributed by atoms with Crippen molar-refractivity contribution in [3.63, 3.8) is 0 Å². The molecule has 10 heteroatoms. The molecule has 10 nitrogen and oxygen atoms in total. The van der Waals surface area contributed by atoms with Crippen molar-refractivity contribution in [1.29, 1.82) is 0 Å². The SMILES string of the molecule is Cc1c(-c2ncco2)nc(N)n2nc(CCN3CCc4c(ncn4C4CCCC4)C3)nc12. The molecule has 0 atom stereocenters. The Morgan fingerprint density at radius 1 is 1.19 bits per heavy atom. The maximum atomic E-state index is 6.15. The number of anilines is 1. The number of hydrogen-bond acceptors (Lipinski definition) is 8. The summed E-state index contributed by atoms with van der Waals surface area (Å²) < 4.78 is 9.46. The van der Waals surface area contributed by atoms with Crippen molar-refractivity contribution in [3.8, 4) is 11.6 Å². The number of imidazole rings is 1. The molecule has 0 amide bonds. The largest absolute Gasteiger partial charge is 0.443 e. The lowest BCUT2D eigenvalue weighted by atomic mass is 10.1. The van der Waals surface area contributed by atoms with Crippen molar-refractivity contribution >= 4 is 11.6 Å². The lowest BCUT2D eigenvalue weighted by Gasteiger charge is -2.27. The minimum atomic E-state index is 0.276. The minimum Gasteiger partial charge on any atom is -0.443 e. The number of rotatable bonds is 5. The molecule has 0 spiro atoms. The number of nitrogen functional groups attached to an aromatic ring is 1. The van der Waals surface area contributed by atoms with Crippen LogP contribution in [-0.4, -0.2) is 52.1 Å². The highest BCUT2D eigenvalue weighted by atomic mass is 16.3. The van der Waals surface area contributed by atoms with E-state index in [1.165, 1.54) is 43.3 Å². The fraction of sp³-hybridized carbons (Fsp3) is 0.500. The highest BCUT2D eigenvalue weighted by molar-refractivity contribution is 5.65. The zero-order valence-corrected chi connectivity index (χ0v) is 18.2. The summed E-state index contributed by atoms with van der Waals surface area (Å²) in [6.07, 6.45) is 12.2. The third-order valence-electron chi connectivity index (χ3n) is 6.81. The van der Waals surface area contributed by atoms with Crippen LogP contribution in [0.15, 0.2) is 23.2 Å². The van der Waals surface area contributed by atoms with Crippen LogP contribution in [0.5, 0.6) is 0 Å². The van der Waals surface area contributed by atoms with E-state index in [-0.39, 0.29) is 5.95 Å². The Balaban J connectivity index is 1.18. The van der Waals surface area contributed by atoms with Gasteiger partial charge in [0.05, 0.1) is 18.2 Å². The van der Waals surface area contributed by atoms with Crippen LogP contribution in [0.3, 0.4) is 0 Å². The third-order valence-corrected chi connectivity index (χ3v) is 6.81. The highest BCUT2D eigenvalue weighted by Crippen LogP contribution is 2.32. The van der Waals surface area contributed by atoms with E-state index in [0.717, 1.165) is 43.9 Å². The van der Waals surface area contributed by atoms with E-state index in [0.29, 0.717) is 23.3 Å². The number of oxazole rings is 1. The van der Waals surface area contributed by atoms with Crippen molar-refractivity contribution in [2.75, 3.05) is 18.8 Å². The molecule has 0 saturated heterocycles. The molecule has 4 aromatic heterocycles. The molecule has 4 aromatic rings. The smallest absolute Gasteiger partial charge is 0.245 e. The number of aryl methyl sites for hydroxylation is 1. The van der Waals surface area contributed by atoms with E-state index in [1.807, 2.05) is 6.92 Å². The molecule has 0 aromatic carbocycles. The van der Waals surface area contributed by atoms with Gasteiger partial charge in [-0.1, -0.05) is 12.8 Å². The van der Waals surface area contributed by atoms with Crippen LogP contribution in [0, 0.1) is 6.92 Å². The molecular formula is C22H27N9O. The Bertz CT molecular complexity index is 1250. The van der Waals surface area contributed by atoms with Gasteiger partial charge in [0.2, 0.25) is 11.8 Å². The van der Waals surface area contributed by atoms with E-state index in [2.05, 4.69) is 30.9 Å². The number of fused-ring (bicyclic) bond motifs is 2. The Morgan fingerprint density at radius 2 is 2.06 bits per heavy atom. The molecule has 32 heavy (non-hydrogen) atoms. The van der Waals surface area contributed by atoms with Crippen molar-refractivity contribution < 1.29 is 4.42 Å². The second-order valence-corrected chi connectivity index (χ2v) is 8.80. The third kappa shape index (κ3) is 3.26. The van der Waals surface area contributed by atoms with Crippen LogP contribution in [0.4, 0.5) is 5.95 Å². The molecule has 0 radical (unpaired) electrons.